The molecule has 0 N–H and O–H groups in total. The molecule has 0 amide bonds. The summed E-state index contributed by atoms with van der Waals surface area (Å²) in [5.41, 5.74) is 1.25. The van der Waals surface area contributed by atoms with Crippen LogP contribution in [0, 0.1) is 0 Å². The van der Waals surface area contributed by atoms with E-state index >= 15 is 0 Å². The molecule has 0 saturated carbocycles. The molecule has 0 aliphatic rings. The van der Waals surface area contributed by atoms with Gasteiger partial charge in [-0.2, -0.15) is 0 Å². The van der Waals surface area contributed by atoms with Gasteiger partial charge >= 0.3 is 0 Å². The van der Waals surface area contributed by atoms with Crippen molar-refractivity contribution >= 4 is 21.6 Å². The van der Waals surface area contributed by atoms with Crippen molar-refractivity contribution in [1.29, 1.82) is 0 Å². The van der Waals surface area contributed by atoms with E-state index in [-0.39, 0.29) is 0 Å². The summed E-state index contributed by atoms with van der Waals surface area (Å²) in [6.07, 6.45) is 0. The lowest BCUT2D eigenvalue weighted by molar-refractivity contribution is 0.754. The number of halogens is 1. The molecule has 2 heteroatoms. The van der Waals surface area contributed by atoms with Crippen LogP contribution in [0.5, 0.6) is 0 Å². The Bertz CT molecular complexity index is 258. The van der Waals surface area contributed by atoms with Crippen molar-refractivity contribution in [2.45, 2.75) is 19.9 Å². The van der Waals surface area contributed by atoms with Gasteiger partial charge in [-0.3, -0.25) is 0 Å². The van der Waals surface area contributed by atoms with Gasteiger partial charge in [-0.1, -0.05) is 22.0 Å². The number of anilines is 1. The summed E-state index contributed by atoms with van der Waals surface area (Å²) in [5.74, 6) is 0. The molecule has 0 radical (unpaired) electrons. The first kappa shape index (κ1) is 9.59. The SMILES string of the molecule is CC(C)N(C)c1cccc(Br)c1. The lowest BCUT2D eigenvalue weighted by atomic mass is 10.2. The number of hydrogen-bond donors (Lipinski definition) is 0. The zero-order chi connectivity index (χ0) is 9.14. The van der Waals surface area contributed by atoms with Crippen molar-refractivity contribution in [3.8, 4) is 0 Å². The van der Waals surface area contributed by atoms with Gasteiger partial charge in [-0.05, 0) is 32.0 Å². The smallest absolute Gasteiger partial charge is 0.0377 e. The Morgan fingerprint density at radius 1 is 1.33 bits per heavy atom. The molecule has 1 rings (SSSR count). The maximum absolute atomic E-state index is 3.45. The largest absolute Gasteiger partial charge is 0.372 e. The fraction of sp³-hybridized carbons (Fsp3) is 0.400. The van der Waals surface area contributed by atoms with Crippen LogP contribution in [0.15, 0.2) is 28.7 Å². The van der Waals surface area contributed by atoms with Crippen LogP contribution in [0.3, 0.4) is 0 Å². The predicted molar refractivity (Wildman–Crippen MR) is 57.7 cm³/mol. The highest BCUT2D eigenvalue weighted by Gasteiger charge is 2.03. The standard InChI is InChI=1S/C10H14BrN/c1-8(2)12(3)10-6-4-5-9(11)7-10/h4-8H,1-3H3. The average Bonchev–Trinajstić information content (AvgIpc) is 2.03. The molecule has 0 atom stereocenters. The molecule has 0 spiro atoms. The third kappa shape index (κ3) is 2.24. The minimum Gasteiger partial charge on any atom is -0.372 e. The fourth-order valence-corrected chi connectivity index (χ4v) is 1.38. The Morgan fingerprint density at radius 2 is 2.00 bits per heavy atom. The molecule has 0 aliphatic heterocycles. The van der Waals surface area contributed by atoms with Crippen LogP contribution in [0.1, 0.15) is 13.8 Å². The summed E-state index contributed by atoms with van der Waals surface area (Å²) < 4.78 is 1.13. The normalized spacial score (nSPS) is 10.4. The minimum absolute atomic E-state index is 0.541. The molecule has 0 heterocycles. The highest BCUT2D eigenvalue weighted by atomic mass is 79.9. The molecule has 0 fully saturated rings. The second-order valence-electron chi connectivity index (χ2n) is 3.18. The van der Waals surface area contributed by atoms with Crippen molar-refractivity contribution < 1.29 is 0 Å². The third-order valence-corrected chi connectivity index (χ3v) is 2.48. The van der Waals surface area contributed by atoms with Crippen molar-refractivity contribution in [3.63, 3.8) is 0 Å². The highest BCUT2D eigenvalue weighted by molar-refractivity contribution is 9.10. The van der Waals surface area contributed by atoms with Gasteiger partial charge < -0.3 is 4.90 Å². The van der Waals surface area contributed by atoms with E-state index in [9.17, 15) is 0 Å². The molecule has 0 aromatic heterocycles. The van der Waals surface area contributed by atoms with Crippen LogP contribution in [-0.4, -0.2) is 13.1 Å². The first-order chi connectivity index (χ1) is 5.61. The Balaban J connectivity index is 2.88. The number of hydrogen-bond acceptors (Lipinski definition) is 1. The van der Waals surface area contributed by atoms with Crippen LogP contribution in [0.2, 0.25) is 0 Å². The second kappa shape index (κ2) is 3.94. The van der Waals surface area contributed by atoms with E-state index in [1.54, 1.807) is 0 Å². The minimum atomic E-state index is 0.541. The first-order valence-corrected chi connectivity index (χ1v) is 4.89. The van der Waals surface area contributed by atoms with Gasteiger partial charge in [0, 0.05) is 23.2 Å². The maximum Gasteiger partial charge on any atom is 0.0377 e. The van der Waals surface area contributed by atoms with Gasteiger partial charge in [-0.25, -0.2) is 0 Å². The molecule has 0 aliphatic carbocycles. The monoisotopic (exact) mass is 227 g/mol. The predicted octanol–water partition coefficient (Wildman–Crippen LogP) is 3.29. The number of rotatable bonds is 2. The Labute approximate surface area is 82.5 Å². The van der Waals surface area contributed by atoms with Crippen molar-refractivity contribution in [1.82, 2.24) is 0 Å². The maximum atomic E-state index is 3.45. The van der Waals surface area contributed by atoms with Gasteiger partial charge in [0.1, 0.15) is 0 Å². The third-order valence-electron chi connectivity index (χ3n) is 1.99. The quantitative estimate of drug-likeness (QED) is 0.750. The molecule has 66 valence electrons. The van der Waals surface area contributed by atoms with E-state index in [4.69, 9.17) is 0 Å². The average molecular weight is 228 g/mol. The highest BCUT2D eigenvalue weighted by Crippen LogP contribution is 2.19. The summed E-state index contributed by atoms with van der Waals surface area (Å²) in [6, 6.07) is 8.88. The molecule has 1 nitrogen and oxygen atoms in total. The van der Waals surface area contributed by atoms with Crippen LogP contribution in [0.25, 0.3) is 0 Å². The zero-order valence-corrected chi connectivity index (χ0v) is 9.30. The van der Waals surface area contributed by atoms with Crippen molar-refractivity contribution in [2.24, 2.45) is 0 Å². The summed E-state index contributed by atoms with van der Waals surface area (Å²) in [7, 11) is 2.10. The van der Waals surface area contributed by atoms with E-state index in [1.165, 1.54) is 5.69 Å². The lowest BCUT2D eigenvalue weighted by Gasteiger charge is -2.23. The molecular weight excluding hydrogens is 214 g/mol. The summed E-state index contributed by atoms with van der Waals surface area (Å²) in [4.78, 5) is 2.24. The molecular formula is C10H14BrN. The van der Waals surface area contributed by atoms with Crippen LogP contribution in [-0.2, 0) is 0 Å². The van der Waals surface area contributed by atoms with Crippen molar-refractivity contribution in [3.05, 3.63) is 28.7 Å². The van der Waals surface area contributed by atoms with Gasteiger partial charge in [0.05, 0.1) is 0 Å². The van der Waals surface area contributed by atoms with Crippen LogP contribution in [0.4, 0.5) is 5.69 Å². The van der Waals surface area contributed by atoms with Crippen molar-refractivity contribution in [2.75, 3.05) is 11.9 Å². The molecule has 12 heavy (non-hydrogen) atoms. The second-order valence-corrected chi connectivity index (χ2v) is 4.10. The molecule has 1 aromatic carbocycles. The molecule has 0 saturated heterocycles. The first-order valence-electron chi connectivity index (χ1n) is 4.09. The topological polar surface area (TPSA) is 3.24 Å². The van der Waals surface area contributed by atoms with E-state index in [1.807, 2.05) is 6.07 Å². The van der Waals surface area contributed by atoms with Gasteiger partial charge in [-0.15, -0.1) is 0 Å². The summed E-state index contributed by atoms with van der Waals surface area (Å²) >= 11 is 3.45. The summed E-state index contributed by atoms with van der Waals surface area (Å²) in [6.45, 7) is 4.36. The van der Waals surface area contributed by atoms with Gasteiger partial charge in [0.15, 0.2) is 0 Å². The molecule has 0 unspecified atom stereocenters. The van der Waals surface area contributed by atoms with Crippen LogP contribution < -0.4 is 4.90 Å². The molecule has 1 aromatic rings. The lowest BCUT2D eigenvalue weighted by Crippen LogP contribution is -2.25. The Morgan fingerprint density at radius 3 is 2.50 bits per heavy atom. The number of benzene rings is 1. The van der Waals surface area contributed by atoms with Gasteiger partial charge in [0.2, 0.25) is 0 Å². The van der Waals surface area contributed by atoms with E-state index in [0.29, 0.717) is 6.04 Å². The summed E-state index contributed by atoms with van der Waals surface area (Å²) in [5, 5.41) is 0. The number of nitrogens with zero attached hydrogens (tertiary/aromatic N) is 1. The molecule has 0 bridgehead atoms. The van der Waals surface area contributed by atoms with E-state index in [2.05, 4.69) is 59.9 Å². The van der Waals surface area contributed by atoms with E-state index in [0.717, 1.165) is 4.47 Å². The Kier molecular flexibility index (Phi) is 3.15. The van der Waals surface area contributed by atoms with E-state index < -0.39 is 0 Å². The van der Waals surface area contributed by atoms with Crippen LogP contribution >= 0.6 is 15.9 Å². The van der Waals surface area contributed by atoms with Gasteiger partial charge in [0.25, 0.3) is 0 Å². The Hall–Kier alpha value is -0.500. The fourth-order valence-electron chi connectivity index (χ4n) is 0.994. The zero-order valence-electron chi connectivity index (χ0n) is 7.71.